The van der Waals surface area contributed by atoms with Gasteiger partial charge in [-0.1, -0.05) is 29.8 Å². The van der Waals surface area contributed by atoms with Crippen LogP contribution in [0.3, 0.4) is 0 Å². The monoisotopic (exact) mass is 377 g/mol. The van der Waals surface area contributed by atoms with Crippen LogP contribution in [-0.2, 0) is 9.53 Å². The zero-order valence-electron chi connectivity index (χ0n) is 14.7. The van der Waals surface area contributed by atoms with E-state index < -0.39 is 11.6 Å². The van der Waals surface area contributed by atoms with E-state index >= 15 is 0 Å². The molecule has 1 unspecified atom stereocenters. The number of carbonyl (C=O) groups excluding carboxylic acids is 1. The van der Waals surface area contributed by atoms with Crippen molar-refractivity contribution < 1.29 is 18.7 Å². The van der Waals surface area contributed by atoms with Crippen molar-refractivity contribution in [1.29, 1.82) is 0 Å². The summed E-state index contributed by atoms with van der Waals surface area (Å²) < 4.78 is 25.5. The molecule has 0 aliphatic carbocycles. The first-order valence-corrected chi connectivity index (χ1v) is 8.79. The van der Waals surface area contributed by atoms with Crippen LogP contribution in [0.15, 0.2) is 48.5 Å². The van der Waals surface area contributed by atoms with Crippen LogP contribution < -0.4 is 4.74 Å². The third-order valence-corrected chi connectivity index (χ3v) is 4.70. The predicted octanol–water partition coefficient (Wildman–Crippen LogP) is 4.24. The van der Waals surface area contributed by atoms with Gasteiger partial charge in [-0.2, -0.15) is 0 Å². The molecule has 1 saturated heterocycles. The number of rotatable bonds is 4. The molecule has 138 valence electrons. The highest BCUT2D eigenvalue weighted by atomic mass is 35.5. The fourth-order valence-electron chi connectivity index (χ4n) is 2.97. The molecule has 0 radical (unpaired) electrons. The molecule has 2 aromatic rings. The molecule has 1 aliphatic rings. The lowest BCUT2D eigenvalue weighted by atomic mass is 9.98. The molecule has 6 heteroatoms. The van der Waals surface area contributed by atoms with Gasteiger partial charge in [-0.05, 0) is 44.2 Å². The van der Waals surface area contributed by atoms with Gasteiger partial charge in [0.2, 0.25) is 0 Å². The summed E-state index contributed by atoms with van der Waals surface area (Å²) in [6.45, 7) is 4.33. The maximum absolute atomic E-state index is 14.1. The highest BCUT2D eigenvalue weighted by Gasteiger charge is 2.39. The average Bonchev–Trinajstić information content (AvgIpc) is 2.61. The van der Waals surface area contributed by atoms with Crippen LogP contribution in [0.1, 0.15) is 25.5 Å². The Hall–Kier alpha value is -2.11. The van der Waals surface area contributed by atoms with Crippen molar-refractivity contribution in [2.45, 2.75) is 25.5 Å². The first kappa shape index (κ1) is 18.7. The third kappa shape index (κ3) is 4.17. The Morgan fingerprint density at radius 1 is 1.27 bits per heavy atom. The minimum absolute atomic E-state index is 0.102. The normalized spacial score (nSPS) is 19.2. The van der Waals surface area contributed by atoms with Gasteiger partial charge < -0.3 is 14.4 Å². The number of hydrogen-bond acceptors (Lipinski definition) is 3. The van der Waals surface area contributed by atoms with Gasteiger partial charge in [-0.15, -0.1) is 0 Å². The topological polar surface area (TPSA) is 38.8 Å². The Labute approximate surface area is 157 Å². The summed E-state index contributed by atoms with van der Waals surface area (Å²) >= 11 is 5.85. The molecule has 26 heavy (non-hydrogen) atoms. The second-order valence-corrected chi connectivity index (χ2v) is 7.32. The van der Waals surface area contributed by atoms with Crippen molar-refractivity contribution in [3.63, 3.8) is 0 Å². The summed E-state index contributed by atoms with van der Waals surface area (Å²) in [4.78, 5) is 14.4. The van der Waals surface area contributed by atoms with Crippen molar-refractivity contribution in [2.75, 3.05) is 19.8 Å². The second kappa shape index (κ2) is 7.64. The fraction of sp³-hybridized carbons (Fsp3) is 0.350. The number of carbonyl (C=O) groups is 1. The predicted molar refractivity (Wildman–Crippen MR) is 97.8 cm³/mol. The van der Waals surface area contributed by atoms with Gasteiger partial charge in [0.15, 0.2) is 6.61 Å². The van der Waals surface area contributed by atoms with Crippen LogP contribution in [0, 0.1) is 5.82 Å². The lowest BCUT2D eigenvalue weighted by Gasteiger charge is -2.45. The summed E-state index contributed by atoms with van der Waals surface area (Å²) in [5, 5.41) is 0.603. The molecule has 2 aromatic carbocycles. The van der Waals surface area contributed by atoms with E-state index in [9.17, 15) is 9.18 Å². The van der Waals surface area contributed by atoms with Gasteiger partial charge in [0.1, 0.15) is 17.7 Å². The number of benzene rings is 2. The molecule has 1 amide bonds. The summed E-state index contributed by atoms with van der Waals surface area (Å²) in [5.41, 5.74) is -0.0400. The molecule has 0 aromatic heterocycles. The SMILES string of the molecule is CC1(C)COC(c2ccccc2F)CN1C(=O)COc1ccc(Cl)cc1. The smallest absolute Gasteiger partial charge is 0.261 e. The lowest BCUT2D eigenvalue weighted by Crippen LogP contribution is -2.57. The van der Waals surface area contributed by atoms with Crippen LogP contribution >= 0.6 is 11.6 Å². The quantitative estimate of drug-likeness (QED) is 0.800. The third-order valence-electron chi connectivity index (χ3n) is 4.45. The molecule has 0 N–H and O–H groups in total. The van der Waals surface area contributed by atoms with E-state index in [1.54, 1.807) is 47.4 Å². The number of halogens is 2. The van der Waals surface area contributed by atoms with Crippen molar-refractivity contribution in [2.24, 2.45) is 0 Å². The largest absolute Gasteiger partial charge is 0.484 e. The summed E-state index contributed by atoms with van der Waals surface area (Å²) in [5.74, 6) is 0.0658. The number of ether oxygens (including phenoxy) is 2. The molecule has 4 nitrogen and oxygen atoms in total. The van der Waals surface area contributed by atoms with Gasteiger partial charge in [-0.3, -0.25) is 4.79 Å². The number of hydrogen-bond donors (Lipinski definition) is 0. The molecule has 0 spiro atoms. The molecule has 1 heterocycles. The highest BCUT2D eigenvalue weighted by Crippen LogP contribution is 2.31. The Kier molecular flexibility index (Phi) is 5.49. The number of nitrogens with zero attached hydrogens (tertiary/aromatic N) is 1. The maximum atomic E-state index is 14.1. The highest BCUT2D eigenvalue weighted by molar-refractivity contribution is 6.30. The second-order valence-electron chi connectivity index (χ2n) is 6.88. The summed E-state index contributed by atoms with van der Waals surface area (Å²) in [6.07, 6.45) is -0.497. The van der Waals surface area contributed by atoms with Gasteiger partial charge in [-0.25, -0.2) is 4.39 Å². The molecule has 0 saturated carbocycles. The molecule has 1 atom stereocenters. The standard InChI is InChI=1S/C20H21ClFNO3/c1-20(2)13-26-18(16-5-3-4-6-17(16)22)11-23(20)19(24)12-25-15-9-7-14(21)8-10-15/h3-10,18H,11-13H2,1-2H3. The first-order valence-electron chi connectivity index (χ1n) is 8.42. The summed E-state index contributed by atoms with van der Waals surface area (Å²) in [6, 6.07) is 13.3. The number of morpholine rings is 1. The fourth-order valence-corrected chi connectivity index (χ4v) is 3.09. The molecular weight excluding hydrogens is 357 g/mol. The Morgan fingerprint density at radius 2 is 1.96 bits per heavy atom. The number of amides is 1. The Morgan fingerprint density at radius 3 is 2.65 bits per heavy atom. The van der Waals surface area contributed by atoms with Crippen LogP contribution in [0.4, 0.5) is 4.39 Å². The molecule has 3 rings (SSSR count). The van der Waals surface area contributed by atoms with E-state index in [2.05, 4.69) is 0 Å². The van der Waals surface area contributed by atoms with Crippen molar-refractivity contribution in [3.8, 4) is 5.75 Å². The van der Waals surface area contributed by atoms with E-state index in [0.717, 1.165) is 0 Å². The maximum Gasteiger partial charge on any atom is 0.261 e. The minimum Gasteiger partial charge on any atom is -0.484 e. The van der Waals surface area contributed by atoms with Gasteiger partial charge in [0, 0.05) is 10.6 Å². The van der Waals surface area contributed by atoms with Crippen LogP contribution in [0.2, 0.25) is 5.02 Å². The van der Waals surface area contributed by atoms with Gasteiger partial charge in [0.25, 0.3) is 5.91 Å². The van der Waals surface area contributed by atoms with E-state index in [1.165, 1.54) is 6.07 Å². The van der Waals surface area contributed by atoms with Crippen molar-refractivity contribution >= 4 is 17.5 Å². The van der Waals surface area contributed by atoms with Crippen LogP contribution in [0.25, 0.3) is 0 Å². The average molecular weight is 378 g/mol. The van der Waals surface area contributed by atoms with E-state index in [-0.39, 0.29) is 24.9 Å². The lowest BCUT2D eigenvalue weighted by molar-refractivity contribution is -0.157. The Balaban J connectivity index is 1.70. The Bertz CT molecular complexity index is 779. The van der Waals surface area contributed by atoms with Crippen molar-refractivity contribution in [3.05, 3.63) is 64.9 Å². The van der Waals surface area contributed by atoms with Crippen LogP contribution in [-0.4, -0.2) is 36.1 Å². The summed E-state index contributed by atoms with van der Waals surface area (Å²) in [7, 11) is 0. The van der Waals surface area contributed by atoms with E-state index in [1.807, 2.05) is 13.8 Å². The first-order chi connectivity index (χ1) is 12.4. The molecule has 1 fully saturated rings. The molecular formula is C20H21ClFNO3. The zero-order valence-corrected chi connectivity index (χ0v) is 15.5. The van der Waals surface area contributed by atoms with Gasteiger partial charge in [0.05, 0.1) is 18.7 Å². The zero-order chi connectivity index (χ0) is 18.7. The molecule has 0 bridgehead atoms. The van der Waals surface area contributed by atoms with E-state index in [4.69, 9.17) is 21.1 Å². The van der Waals surface area contributed by atoms with Crippen LogP contribution in [0.5, 0.6) is 5.75 Å². The van der Waals surface area contributed by atoms with Gasteiger partial charge >= 0.3 is 0 Å². The van der Waals surface area contributed by atoms with Crippen molar-refractivity contribution in [1.82, 2.24) is 4.90 Å². The molecule has 1 aliphatic heterocycles. The van der Waals surface area contributed by atoms with E-state index in [0.29, 0.717) is 22.9 Å². The minimum atomic E-state index is -0.498.